The molecule has 0 rings (SSSR count). The van der Waals surface area contributed by atoms with E-state index in [1.54, 1.807) is 20.8 Å². The van der Waals surface area contributed by atoms with Crippen molar-refractivity contribution in [3.63, 3.8) is 0 Å². The topological polar surface area (TPSA) is 93.1 Å². The molecule has 0 aromatic heterocycles. The van der Waals surface area contributed by atoms with Gasteiger partial charge in [0.15, 0.2) is 0 Å². The summed E-state index contributed by atoms with van der Waals surface area (Å²) >= 11 is 5.55. The molecule has 6 nitrogen and oxygen atoms in total. The van der Waals surface area contributed by atoms with Crippen molar-refractivity contribution in [2.45, 2.75) is 39.2 Å². The van der Waals surface area contributed by atoms with Gasteiger partial charge < -0.3 is 10.2 Å². The molecule has 0 heterocycles. The standard InChI is InChI=1S/C6H13ClO3P.C4H6O3/c1-5(2)10-11(8)9-4-6(3)7;1-3(5)2-4(6)7/h5-6H,4H2,1-3H3;2,5H,1H3,(H,6,7)/q+1;. The van der Waals surface area contributed by atoms with Crippen LogP contribution in [0.3, 0.4) is 0 Å². The number of rotatable bonds is 6. The van der Waals surface area contributed by atoms with Gasteiger partial charge in [0.2, 0.25) is 0 Å². The molecule has 0 aromatic rings. The van der Waals surface area contributed by atoms with Crippen molar-refractivity contribution in [2.75, 3.05) is 6.61 Å². The van der Waals surface area contributed by atoms with Crippen LogP contribution in [0, 0.1) is 0 Å². The molecular weight excluding hydrogens is 283 g/mol. The largest absolute Gasteiger partial charge is 0.697 e. The molecule has 0 bridgehead atoms. The molecule has 18 heavy (non-hydrogen) atoms. The summed E-state index contributed by atoms with van der Waals surface area (Å²) in [4.78, 5) is 9.57. The van der Waals surface area contributed by atoms with Crippen LogP contribution >= 0.6 is 19.9 Å². The van der Waals surface area contributed by atoms with Gasteiger partial charge in [0, 0.05) is 4.57 Å². The van der Waals surface area contributed by atoms with Crippen LogP contribution < -0.4 is 0 Å². The van der Waals surface area contributed by atoms with Crippen molar-refractivity contribution in [2.24, 2.45) is 0 Å². The number of carbonyl (C=O) groups is 1. The number of hydrogen-bond donors (Lipinski definition) is 2. The highest BCUT2D eigenvalue weighted by Crippen LogP contribution is 2.26. The summed E-state index contributed by atoms with van der Waals surface area (Å²) in [5, 5.41) is 15.9. The number of aliphatic carboxylic acids is 1. The monoisotopic (exact) mass is 301 g/mol. The van der Waals surface area contributed by atoms with Crippen LogP contribution in [0.4, 0.5) is 0 Å². The van der Waals surface area contributed by atoms with Gasteiger partial charge in [-0.25, -0.2) is 4.79 Å². The number of allylic oxidation sites excluding steroid dienone is 1. The lowest BCUT2D eigenvalue weighted by molar-refractivity contribution is -0.131. The number of carboxylic acids is 1. The summed E-state index contributed by atoms with van der Waals surface area (Å²) in [6.45, 7) is 6.90. The molecule has 0 aliphatic heterocycles. The van der Waals surface area contributed by atoms with Gasteiger partial charge in [-0.3, -0.25) is 0 Å². The first-order valence-corrected chi connectivity index (χ1v) is 6.69. The Kier molecular flexibility index (Phi) is 12.5. The zero-order chi connectivity index (χ0) is 14.7. The summed E-state index contributed by atoms with van der Waals surface area (Å²) in [6, 6.07) is 0. The first kappa shape index (κ1) is 19.7. The summed E-state index contributed by atoms with van der Waals surface area (Å²) in [6.07, 6.45) is 0.643. The average Bonchev–Trinajstić information content (AvgIpc) is 2.12. The van der Waals surface area contributed by atoms with Crippen LogP contribution in [0.5, 0.6) is 0 Å². The molecule has 2 atom stereocenters. The van der Waals surface area contributed by atoms with Crippen LogP contribution in [0.1, 0.15) is 27.7 Å². The minimum atomic E-state index is -1.99. The normalized spacial score (nSPS) is 13.7. The second-order valence-corrected chi connectivity index (χ2v) is 5.24. The Hall–Kier alpha value is -0.680. The molecule has 0 aliphatic carbocycles. The number of aliphatic hydroxyl groups excluding tert-OH is 1. The van der Waals surface area contributed by atoms with E-state index in [0.29, 0.717) is 0 Å². The van der Waals surface area contributed by atoms with E-state index in [1.807, 2.05) is 0 Å². The fourth-order valence-electron chi connectivity index (χ4n) is 0.545. The number of halogens is 1. The van der Waals surface area contributed by atoms with Crippen molar-refractivity contribution < 1.29 is 28.6 Å². The van der Waals surface area contributed by atoms with Crippen molar-refractivity contribution in [1.82, 2.24) is 0 Å². The second kappa shape index (κ2) is 11.4. The molecule has 8 heteroatoms. The third-order valence-corrected chi connectivity index (χ3v) is 2.12. The molecule has 0 aliphatic rings. The van der Waals surface area contributed by atoms with E-state index in [-0.39, 0.29) is 23.8 Å². The van der Waals surface area contributed by atoms with E-state index in [0.717, 1.165) is 6.08 Å². The highest BCUT2D eigenvalue weighted by Gasteiger charge is 2.22. The van der Waals surface area contributed by atoms with Crippen LogP contribution in [0.2, 0.25) is 0 Å². The first-order valence-electron chi connectivity index (χ1n) is 5.16. The van der Waals surface area contributed by atoms with E-state index in [1.165, 1.54) is 6.92 Å². The fourth-order valence-corrected chi connectivity index (χ4v) is 1.45. The third-order valence-electron chi connectivity index (χ3n) is 1.04. The number of hydrogen-bond acceptors (Lipinski definition) is 5. The molecular formula is C10H19ClO6P+. The zero-order valence-electron chi connectivity index (χ0n) is 10.8. The smallest absolute Gasteiger partial charge is 0.512 e. The van der Waals surface area contributed by atoms with Gasteiger partial charge >= 0.3 is 14.2 Å². The first-order chi connectivity index (χ1) is 8.15. The van der Waals surface area contributed by atoms with Gasteiger partial charge in [-0.2, -0.15) is 0 Å². The molecule has 0 aromatic carbocycles. The van der Waals surface area contributed by atoms with Crippen molar-refractivity contribution in [3.8, 4) is 0 Å². The molecule has 0 saturated carbocycles. The highest BCUT2D eigenvalue weighted by atomic mass is 35.5. The van der Waals surface area contributed by atoms with E-state index in [9.17, 15) is 9.36 Å². The third kappa shape index (κ3) is 20.7. The molecule has 0 saturated heterocycles. The predicted octanol–water partition coefficient (Wildman–Crippen LogP) is 3.25. The van der Waals surface area contributed by atoms with Crippen molar-refractivity contribution in [1.29, 1.82) is 0 Å². The Morgan fingerprint density at radius 3 is 2.11 bits per heavy atom. The Morgan fingerprint density at radius 1 is 1.39 bits per heavy atom. The SMILES string of the molecule is CC(Cl)CO[P+](=O)OC(C)C.CC(O)=CC(=O)O. The van der Waals surface area contributed by atoms with Crippen molar-refractivity contribution in [3.05, 3.63) is 11.8 Å². The molecule has 2 N–H and O–H groups in total. The van der Waals surface area contributed by atoms with E-state index >= 15 is 0 Å². The second-order valence-electron chi connectivity index (χ2n) is 3.58. The number of carboxylic acid groups (broad SMARTS) is 1. The predicted molar refractivity (Wildman–Crippen MR) is 69.1 cm³/mol. The molecule has 2 unspecified atom stereocenters. The van der Waals surface area contributed by atoms with Gasteiger partial charge in [-0.05, 0) is 27.7 Å². The van der Waals surface area contributed by atoms with Crippen molar-refractivity contribution >= 4 is 25.8 Å². The van der Waals surface area contributed by atoms with Gasteiger partial charge in [0.1, 0.15) is 12.7 Å². The Labute approximate surface area is 112 Å². The Balaban J connectivity index is 0. The minimum Gasteiger partial charge on any atom is -0.512 e. The summed E-state index contributed by atoms with van der Waals surface area (Å²) in [5.41, 5.74) is 0. The summed E-state index contributed by atoms with van der Waals surface area (Å²) in [5.74, 6) is -1.31. The molecule has 0 amide bonds. The molecule has 0 fully saturated rings. The lowest BCUT2D eigenvalue weighted by Crippen LogP contribution is -2.02. The molecule has 106 valence electrons. The maximum absolute atomic E-state index is 10.8. The lowest BCUT2D eigenvalue weighted by Gasteiger charge is -1.95. The fraction of sp³-hybridized carbons (Fsp3) is 0.700. The van der Waals surface area contributed by atoms with Gasteiger partial charge in [-0.15, -0.1) is 20.6 Å². The van der Waals surface area contributed by atoms with Crippen LogP contribution in [0.25, 0.3) is 0 Å². The summed E-state index contributed by atoms with van der Waals surface area (Å²) in [7, 11) is -1.99. The van der Waals surface area contributed by atoms with Gasteiger partial charge in [0.05, 0.1) is 17.2 Å². The highest BCUT2D eigenvalue weighted by molar-refractivity contribution is 7.33. The van der Waals surface area contributed by atoms with E-state index < -0.39 is 14.2 Å². The molecule has 0 spiro atoms. The van der Waals surface area contributed by atoms with Gasteiger partial charge in [-0.1, -0.05) is 0 Å². The van der Waals surface area contributed by atoms with E-state index in [2.05, 4.69) is 0 Å². The maximum atomic E-state index is 10.8. The maximum Gasteiger partial charge on any atom is 0.697 e. The van der Waals surface area contributed by atoms with Crippen LogP contribution in [0.15, 0.2) is 11.8 Å². The molecule has 0 radical (unpaired) electrons. The summed E-state index contributed by atoms with van der Waals surface area (Å²) < 4.78 is 20.4. The quantitative estimate of drug-likeness (QED) is 0.338. The zero-order valence-corrected chi connectivity index (χ0v) is 12.4. The van der Waals surface area contributed by atoms with Crippen LogP contribution in [-0.2, 0) is 18.4 Å². The Morgan fingerprint density at radius 2 is 1.89 bits per heavy atom. The number of aliphatic hydroxyl groups is 1. The minimum absolute atomic E-state index is 0.0794. The average molecular weight is 302 g/mol. The Bertz CT molecular complexity index is 286. The van der Waals surface area contributed by atoms with Crippen LogP contribution in [-0.4, -0.2) is 34.3 Å². The van der Waals surface area contributed by atoms with Gasteiger partial charge in [0.25, 0.3) is 0 Å². The van der Waals surface area contributed by atoms with E-state index in [4.69, 9.17) is 30.9 Å². The number of alkyl halides is 1. The lowest BCUT2D eigenvalue weighted by atomic mass is 10.5.